The van der Waals surface area contributed by atoms with Gasteiger partial charge in [0.05, 0.1) is 0 Å². The molecule has 0 atom stereocenters. The fraction of sp³-hybridized carbons (Fsp3) is 0.538. The molecule has 0 saturated carbocycles. The molecule has 0 aliphatic rings. The average molecular weight is 211 g/mol. The third kappa shape index (κ3) is 2.30. The molecule has 0 radical (unpaired) electrons. The molecule has 0 nitrogen and oxygen atoms in total. The van der Waals surface area contributed by atoms with Crippen molar-refractivity contribution in [3.8, 4) is 0 Å². The highest BCUT2D eigenvalue weighted by Crippen LogP contribution is 2.31. The van der Waals surface area contributed by atoms with Gasteiger partial charge in [0.2, 0.25) is 0 Å². The fourth-order valence-electron chi connectivity index (χ4n) is 1.69. The minimum atomic E-state index is 0.0718. The van der Waals surface area contributed by atoms with Crippen LogP contribution in [0.1, 0.15) is 44.7 Å². The zero-order valence-corrected chi connectivity index (χ0v) is 10.2. The van der Waals surface area contributed by atoms with Crippen molar-refractivity contribution in [1.82, 2.24) is 0 Å². The average Bonchev–Trinajstić information content (AvgIpc) is 2.18. The quantitative estimate of drug-likeness (QED) is 0.652. The largest absolute Gasteiger partial charge is 0.126 e. The lowest BCUT2D eigenvalue weighted by molar-refractivity contribution is 0.584. The molecule has 0 bridgehead atoms. The second kappa shape index (κ2) is 4.35. The molecule has 1 rings (SSSR count). The van der Waals surface area contributed by atoms with Crippen LogP contribution in [0, 0.1) is 0 Å². The Balaban J connectivity index is 3.20. The van der Waals surface area contributed by atoms with E-state index in [0.717, 1.165) is 0 Å². The molecule has 0 heterocycles. The van der Waals surface area contributed by atoms with Gasteiger partial charge in [0.25, 0.3) is 0 Å². The molecule has 0 N–H and O–H groups in total. The first-order chi connectivity index (χ1) is 6.49. The molecule has 0 aliphatic heterocycles. The van der Waals surface area contributed by atoms with Crippen LogP contribution in [0.4, 0.5) is 0 Å². The molecule has 1 aromatic carbocycles. The normalized spacial score (nSPS) is 12.1. The molecule has 0 spiro atoms. The summed E-state index contributed by atoms with van der Waals surface area (Å²) < 4.78 is 0. The number of hydrogen-bond acceptors (Lipinski definition) is 0. The van der Waals surface area contributed by atoms with Crippen molar-refractivity contribution < 1.29 is 0 Å². The lowest BCUT2D eigenvalue weighted by atomic mass is 9.80. The van der Waals surface area contributed by atoms with Crippen molar-refractivity contribution >= 4 is 11.6 Å². The Labute approximate surface area is 92.3 Å². The van der Waals surface area contributed by atoms with Gasteiger partial charge in [-0.2, -0.15) is 0 Å². The van der Waals surface area contributed by atoms with Crippen LogP contribution in [0.25, 0.3) is 0 Å². The van der Waals surface area contributed by atoms with E-state index < -0.39 is 0 Å². The maximum Gasteiger partial charge on any atom is 0.0315 e. The number of benzene rings is 1. The Kier molecular flexibility index (Phi) is 3.60. The monoisotopic (exact) mass is 210 g/mol. The second-order valence-corrected chi connectivity index (χ2v) is 5.03. The summed E-state index contributed by atoms with van der Waals surface area (Å²) >= 11 is 6.00. The Morgan fingerprint density at radius 3 is 2.29 bits per heavy atom. The molecule has 0 unspecified atom stereocenters. The summed E-state index contributed by atoms with van der Waals surface area (Å²) in [6.45, 7) is 8.84. The van der Waals surface area contributed by atoms with Gasteiger partial charge in [0, 0.05) is 11.3 Å². The highest BCUT2D eigenvalue weighted by molar-refractivity contribution is 6.18. The summed E-state index contributed by atoms with van der Waals surface area (Å²) in [5.41, 5.74) is 2.87. The molecule has 0 amide bonds. The van der Waals surface area contributed by atoms with Gasteiger partial charge in [-0.05, 0) is 17.0 Å². The summed E-state index contributed by atoms with van der Waals surface area (Å²) in [4.78, 5) is 0. The number of alkyl halides is 1. The predicted molar refractivity (Wildman–Crippen MR) is 64.3 cm³/mol. The summed E-state index contributed by atoms with van der Waals surface area (Å²) in [6.07, 6.45) is 0. The summed E-state index contributed by atoms with van der Waals surface area (Å²) in [5.74, 6) is 1.23. The molecular weight excluding hydrogens is 192 g/mol. The zero-order valence-electron chi connectivity index (χ0n) is 9.47. The highest BCUT2D eigenvalue weighted by Gasteiger charge is 2.22. The summed E-state index contributed by atoms with van der Waals surface area (Å²) in [5, 5.41) is 0. The minimum Gasteiger partial charge on any atom is -0.126 e. The lowest BCUT2D eigenvalue weighted by Crippen LogP contribution is -2.21. The lowest BCUT2D eigenvalue weighted by Gasteiger charge is -2.26. The van der Waals surface area contributed by atoms with Crippen LogP contribution in [0.3, 0.4) is 0 Å². The van der Waals surface area contributed by atoms with E-state index >= 15 is 0 Å². The van der Waals surface area contributed by atoms with Gasteiger partial charge in [-0.3, -0.25) is 0 Å². The van der Waals surface area contributed by atoms with Crippen molar-refractivity contribution in [2.24, 2.45) is 0 Å². The van der Waals surface area contributed by atoms with Crippen molar-refractivity contribution in [1.29, 1.82) is 0 Å². The molecule has 0 fully saturated rings. The van der Waals surface area contributed by atoms with Gasteiger partial charge in [0.15, 0.2) is 0 Å². The SMILES string of the molecule is CC(C)c1ccccc1C(C)(C)CCl. The van der Waals surface area contributed by atoms with Crippen LogP contribution in [0.2, 0.25) is 0 Å². The van der Waals surface area contributed by atoms with E-state index in [0.29, 0.717) is 11.8 Å². The van der Waals surface area contributed by atoms with Gasteiger partial charge in [0.1, 0.15) is 0 Å². The summed E-state index contributed by atoms with van der Waals surface area (Å²) in [6, 6.07) is 8.59. The molecule has 0 saturated heterocycles. The first kappa shape index (κ1) is 11.6. The molecular formula is C13H19Cl. The van der Waals surface area contributed by atoms with E-state index in [1.54, 1.807) is 0 Å². The van der Waals surface area contributed by atoms with Crippen molar-refractivity contribution in [2.75, 3.05) is 5.88 Å². The van der Waals surface area contributed by atoms with Crippen LogP contribution in [0.15, 0.2) is 24.3 Å². The predicted octanol–water partition coefficient (Wildman–Crippen LogP) is 4.33. The van der Waals surface area contributed by atoms with Crippen LogP contribution in [0.5, 0.6) is 0 Å². The van der Waals surface area contributed by atoms with Crippen molar-refractivity contribution in [3.63, 3.8) is 0 Å². The van der Waals surface area contributed by atoms with E-state index in [1.807, 2.05) is 0 Å². The third-order valence-electron chi connectivity index (χ3n) is 2.65. The van der Waals surface area contributed by atoms with Crippen molar-refractivity contribution in [2.45, 2.75) is 39.0 Å². The van der Waals surface area contributed by atoms with E-state index in [4.69, 9.17) is 11.6 Å². The molecule has 14 heavy (non-hydrogen) atoms. The van der Waals surface area contributed by atoms with Crippen LogP contribution >= 0.6 is 11.6 Å². The molecule has 1 heteroatoms. The first-order valence-corrected chi connectivity index (χ1v) is 5.68. The van der Waals surface area contributed by atoms with Gasteiger partial charge in [-0.25, -0.2) is 0 Å². The zero-order chi connectivity index (χ0) is 10.8. The van der Waals surface area contributed by atoms with Crippen LogP contribution in [-0.4, -0.2) is 5.88 Å². The van der Waals surface area contributed by atoms with Gasteiger partial charge >= 0.3 is 0 Å². The second-order valence-electron chi connectivity index (χ2n) is 4.76. The number of rotatable bonds is 3. The van der Waals surface area contributed by atoms with Crippen LogP contribution in [-0.2, 0) is 5.41 Å². The Morgan fingerprint density at radius 1 is 1.21 bits per heavy atom. The molecule has 0 aromatic heterocycles. The first-order valence-electron chi connectivity index (χ1n) is 5.14. The minimum absolute atomic E-state index is 0.0718. The topological polar surface area (TPSA) is 0 Å². The summed E-state index contributed by atoms with van der Waals surface area (Å²) in [7, 11) is 0. The van der Waals surface area contributed by atoms with Gasteiger partial charge in [-0.15, -0.1) is 11.6 Å². The molecule has 0 aliphatic carbocycles. The number of hydrogen-bond donors (Lipinski definition) is 0. The third-order valence-corrected chi connectivity index (χ3v) is 3.31. The maximum absolute atomic E-state index is 6.00. The van der Waals surface area contributed by atoms with Crippen molar-refractivity contribution in [3.05, 3.63) is 35.4 Å². The Morgan fingerprint density at radius 2 is 1.79 bits per heavy atom. The molecule has 1 aromatic rings. The standard InChI is InChI=1S/C13H19Cl/c1-10(2)11-7-5-6-8-12(11)13(3,4)9-14/h5-8,10H,9H2,1-4H3. The van der Waals surface area contributed by atoms with Gasteiger partial charge in [-0.1, -0.05) is 52.0 Å². The fourth-order valence-corrected chi connectivity index (χ4v) is 1.83. The van der Waals surface area contributed by atoms with Gasteiger partial charge < -0.3 is 0 Å². The Bertz CT molecular complexity index is 300. The van der Waals surface area contributed by atoms with E-state index in [-0.39, 0.29) is 5.41 Å². The number of halogens is 1. The Hall–Kier alpha value is -0.490. The maximum atomic E-state index is 6.00. The van der Waals surface area contributed by atoms with Crippen LogP contribution < -0.4 is 0 Å². The van der Waals surface area contributed by atoms with E-state index in [1.165, 1.54) is 11.1 Å². The van der Waals surface area contributed by atoms with E-state index in [9.17, 15) is 0 Å². The smallest absolute Gasteiger partial charge is 0.0315 e. The van der Waals surface area contributed by atoms with E-state index in [2.05, 4.69) is 52.0 Å². The molecule has 78 valence electrons. The highest BCUT2D eigenvalue weighted by atomic mass is 35.5.